The van der Waals surface area contributed by atoms with Crippen LogP contribution in [0.15, 0.2) is 29.3 Å². The van der Waals surface area contributed by atoms with Crippen LogP contribution in [-0.4, -0.2) is 49.9 Å². The van der Waals surface area contributed by atoms with Gasteiger partial charge in [0.1, 0.15) is 5.82 Å². The Kier molecular flexibility index (Phi) is 4.90. The fourth-order valence-electron chi connectivity index (χ4n) is 5.98. The summed E-state index contributed by atoms with van der Waals surface area (Å²) in [5, 5.41) is 0. The smallest absolute Gasteiger partial charge is 0.258 e. The van der Waals surface area contributed by atoms with E-state index in [0.717, 1.165) is 88.3 Å². The minimum Gasteiger partial charge on any atom is -0.342 e. The fraction of sp³-hybridized carbons (Fsp3) is 0.600. The van der Waals surface area contributed by atoms with Crippen LogP contribution in [0.2, 0.25) is 0 Å². The Labute approximate surface area is 188 Å². The zero-order valence-corrected chi connectivity index (χ0v) is 18.6. The highest BCUT2D eigenvalue weighted by Crippen LogP contribution is 2.41. The lowest BCUT2D eigenvalue weighted by molar-refractivity contribution is -0.140. The van der Waals surface area contributed by atoms with Crippen LogP contribution in [0, 0.1) is 11.3 Å². The van der Waals surface area contributed by atoms with Crippen molar-refractivity contribution in [2.75, 3.05) is 19.6 Å². The highest BCUT2D eigenvalue weighted by molar-refractivity contribution is 5.79. The molecule has 168 valence electrons. The van der Waals surface area contributed by atoms with Gasteiger partial charge in [-0.05, 0) is 42.7 Å². The summed E-state index contributed by atoms with van der Waals surface area (Å²) in [6, 6.07) is 4.04. The van der Waals surface area contributed by atoms with E-state index in [1.807, 2.05) is 16.8 Å². The molecule has 5 heterocycles. The molecule has 2 fully saturated rings. The van der Waals surface area contributed by atoms with E-state index in [0.29, 0.717) is 12.5 Å². The monoisotopic (exact) mass is 433 g/mol. The maximum Gasteiger partial charge on any atom is 0.258 e. The molecule has 0 atom stereocenters. The second-order valence-electron chi connectivity index (χ2n) is 10.3. The largest absolute Gasteiger partial charge is 0.342 e. The second-order valence-corrected chi connectivity index (χ2v) is 10.3. The van der Waals surface area contributed by atoms with Gasteiger partial charge in [0.15, 0.2) is 0 Å². The minimum absolute atomic E-state index is 0.0922. The lowest BCUT2D eigenvalue weighted by Crippen LogP contribution is -2.47. The predicted octanol–water partition coefficient (Wildman–Crippen LogP) is 2.16. The molecule has 4 aliphatic rings. The fourth-order valence-corrected chi connectivity index (χ4v) is 5.98. The van der Waals surface area contributed by atoms with Gasteiger partial charge < -0.3 is 4.90 Å². The summed E-state index contributed by atoms with van der Waals surface area (Å²) in [4.78, 5) is 39.7. The Morgan fingerprint density at radius 2 is 2.03 bits per heavy atom. The molecule has 0 radical (unpaired) electrons. The van der Waals surface area contributed by atoms with Crippen LogP contribution in [0.1, 0.15) is 54.7 Å². The summed E-state index contributed by atoms with van der Waals surface area (Å²) in [5.74, 6) is 1.60. The number of carbonyl (C=O) groups is 1. The number of piperidine rings is 1. The Morgan fingerprint density at radius 1 is 1.19 bits per heavy atom. The molecule has 0 aromatic carbocycles. The van der Waals surface area contributed by atoms with Crippen molar-refractivity contribution in [2.24, 2.45) is 11.3 Å². The van der Waals surface area contributed by atoms with Crippen LogP contribution in [0.5, 0.6) is 0 Å². The SMILES string of the molecule is O=C(C1CCC1)N1CCC2(CC1)Cc1nc3c(c(=O)n1C2)CN(Cc1cccnc1)CC3. The van der Waals surface area contributed by atoms with E-state index in [9.17, 15) is 9.59 Å². The van der Waals surface area contributed by atoms with Crippen LogP contribution in [0.3, 0.4) is 0 Å². The van der Waals surface area contributed by atoms with Gasteiger partial charge in [-0.25, -0.2) is 4.98 Å². The van der Waals surface area contributed by atoms with Crippen molar-refractivity contribution in [2.45, 2.75) is 64.6 Å². The third kappa shape index (κ3) is 3.47. The molecule has 1 spiro atoms. The molecule has 1 saturated heterocycles. The first-order valence-corrected chi connectivity index (χ1v) is 12.1. The van der Waals surface area contributed by atoms with Crippen LogP contribution in [0.25, 0.3) is 0 Å². The molecular weight excluding hydrogens is 402 g/mol. The van der Waals surface area contributed by atoms with E-state index >= 15 is 0 Å². The Morgan fingerprint density at radius 3 is 2.75 bits per heavy atom. The first kappa shape index (κ1) is 20.1. The van der Waals surface area contributed by atoms with Crippen molar-refractivity contribution < 1.29 is 4.79 Å². The van der Waals surface area contributed by atoms with Crippen molar-refractivity contribution in [3.63, 3.8) is 0 Å². The average Bonchev–Trinajstić information content (AvgIpc) is 3.12. The second kappa shape index (κ2) is 7.80. The molecule has 7 nitrogen and oxygen atoms in total. The number of carbonyl (C=O) groups excluding carboxylic acids is 1. The summed E-state index contributed by atoms with van der Waals surface area (Å²) in [6.45, 7) is 4.81. The third-order valence-corrected chi connectivity index (χ3v) is 8.22. The van der Waals surface area contributed by atoms with Gasteiger partial charge in [0.2, 0.25) is 5.91 Å². The van der Waals surface area contributed by atoms with Crippen LogP contribution < -0.4 is 5.56 Å². The Bertz CT molecular complexity index is 1080. The van der Waals surface area contributed by atoms with Gasteiger partial charge >= 0.3 is 0 Å². The molecule has 0 bridgehead atoms. The summed E-state index contributed by atoms with van der Waals surface area (Å²) in [5.41, 5.74) is 3.30. The van der Waals surface area contributed by atoms with Crippen LogP contribution in [-0.2, 0) is 37.3 Å². The van der Waals surface area contributed by atoms with Gasteiger partial charge in [-0.15, -0.1) is 0 Å². The number of aromatic nitrogens is 3. The maximum atomic E-state index is 13.5. The first-order valence-electron chi connectivity index (χ1n) is 12.1. The number of rotatable bonds is 3. The van der Waals surface area contributed by atoms with Crippen molar-refractivity contribution in [1.82, 2.24) is 24.3 Å². The van der Waals surface area contributed by atoms with Crippen LogP contribution in [0.4, 0.5) is 0 Å². The topological polar surface area (TPSA) is 71.3 Å². The van der Waals surface area contributed by atoms with E-state index in [4.69, 9.17) is 4.98 Å². The van der Waals surface area contributed by atoms with Crippen molar-refractivity contribution in [3.05, 3.63) is 57.5 Å². The minimum atomic E-state index is 0.0922. The molecular formula is C25H31N5O2. The summed E-state index contributed by atoms with van der Waals surface area (Å²) < 4.78 is 1.95. The quantitative estimate of drug-likeness (QED) is 0.742. The van der Waals surface area contributed by atoms with Crippen molar-refractivity contribution >= 4 is 5.91 Å². The standard InChI is InChI=1S/C25H31N5O2/c31-23(19-4-1-5-19)29-11-7-25(8-12-29)13-22-27-21-6-10-28(15-18-3-2-9-26-14-18)16-20(21)24(32)30(22)17-25/h2-3,9,14,19H,1,4-8,10-13,15-17H2. The predicted molar refractivity (Wildman–Crippen MR) is 120 cm³/mol. The lowest BCUT2D eigenvalue weighted by Gasteiger charge is -2.41. The molecule has 7 heteroatoms. The number of likely N-dealkylation sites (tertiary alicyclic amines) is 1. The number of nitrogens with zero attached hydrogens (tertiary/aromatic N) is 5. The Balaban J connectivity index is 1.17. The lowest BCUT2D eigenvalue weighted by atomic mass is 9.76. The molecule has 3 aliphatic heterocycles. The molecule has 32 heavy (non-hydrogen) atoms. The number of fused-ring (bicyclic) bond motifs is 2. The number of hydrogen-bond donors (Lipinski definition) is 0. The molecule has 1 aliphatic carbocycles. The van der Waals surface area contributed by atoms with Gasteiger partial charge in [-0.1, -0.05) is 12.5 Å². The van der Waals surface area contributed by atoms with E-state index in [1.165, 1.54) is 12.0 Å². The van der Waals surface area contributed by atoms with E-state index in [-0.39, 0.29) is 16.9 Å². The van der Waals surface area contributed by atoms with Crippen molar-refractivity contribution in [3.8, 4) is 0 Å². The van der Waals surface area contributed by atoms with E-state index < -0.39 is 0 Å². The van der Waals surface area contributed by atoms with Crippen molar-refractivity contribution in [1.29, 1.82) is 0 Å². The van der Waals surface area contributed by atoms with Gasteiger partial charge in [0.25, 0.3) is 5.56 Å². The maximum absolute atomic E-state index is 13.5. The molecule has 6 rings (SSSR count). The van der Waals surface area contributed by atoms with E-state index in [2.05, 4.69) is 20.9 Å². The van der Waals surface area contributed by atoms with E-state index in [1.54, 1.807) is 6.20 Å². The normalized spacial score (nSPS) is 22.4. The molecule has 1 amide bonds. The van der Waals surface area contributed by atoms with Gasteiger partial charge in [-0.2, -0.15) is 0 Å². The summed E-state index contributed by atoms with van der Waals surface area (Å²) in [6.07, 6.45) is 10.7. The van der Waals surface area contributed by atoms with Gasteiger partial charge in [0, 0.05) is 70.4 Å². The number of hydrogen-bond acceptors (Lipinski definition) is 5. The molecule has 2 aromatic heterocycles. The summed E-state index contributed by atoms with van der Waals surface area (Å²) in [7, 11) is 0. The zero-order valence-electron chi connectivity index (χ0n) is 18.6. The van der Waals surface area contributed by atoms with Gasteiger partial charge in [0.05, 0.1) is 11.3 Å². The number of amides is 1. The Hall–Kier alpha value is -2.54. The average molecular weight is 434 g/mol. The number of pyridine rings is 1. The van der Waals surface area contributed by atoms with Crippen LogP contribution >= 0.6 is 0 Å². The molecule has 0 N–H and O–H groups in total. The summed E-state index contributed by atoms with van der Waals surface area (Å²) >= 11 is 0. The zero-order chi connectivity index (χ0) is 21.7. The highest BCUT2D eigenvalue weighted by atomic mass is 16.2. The molecule has 2 aromatic rings. The first-order chi connectivity index (χ1) is 15.6. The third-order valence-electron chi connectivity index (χ3n) is 8.22. The molecule has 1 saturated carbocycles. The van der Waals surface area contributed by atoms with Gasteiger partial charge in [-0.3, -0.25) is 24.0 Å². The highest BCUT2D eigenvalue weighted by Gasteiger charge is 2.44. The molecule has 0 unspecified atom stereocenters.